The first-order valence-corrected chi connectivity index (χ1v) is 5.83. The van der Waals surface area contributed by atoms with Crippen LogP contribution in [0.5, 0.6) is 0 Å². The maximum Gasteiger partial charge on any atom is 0.335 e. The Hall–Kier alpha value is -1.38. The molecule has 0 rings (SSSR count). The number of rotatable bonds is 9. The lowest BCUT2D eigenvalue weighted by Gasteiger charge is -2.32. The van der Waals surface area contributed by atoms with Gasteiger partial charge in [-0.2, -0.15) is 0 Å². The molecule has 0 aliphatic rings. The highest BCUT2D eigenvalue weighted by atomic mass is 16.4. The molecule has 0 aromatic rings. The highest BCUT2D eigenvalue weighted by molar-refractivity contribution is 5.73. The van der Waals surface area contributed by atoms with E-state index in [0.717, 1.165) is 0 Å². The molecule has 0 saturated carbocycles. The van der Waals surface area contributed by atoms with Crippen molar-refractivity contribution in [3.63, 3.8) is 0 Å². The number of hydrogen-bond acceptors (Lipinski definition) is 10. The van der Waals surface area contributed by atoms with E-state index >= 15 is 0 Å². The molecule has 0 aromatic carbocycles. The normalized spacial score (nSPS) is 22.7. The Morgan fingerprint density at radius 3 is 0.818 bits per heavy atom. The van der Waals surface area contributed by atoms with Crippen molar-refractivity contribution < 1.29 is 60.7 Å². The van der Waals surface area contributed by atoms with E-state index < -0.39 is 60.8 Å². The summed E-state index contributed by atoms with van der Waals surface area (Å²) in [6, 6.07) is 0. The van der Waals surface area contributed by atoms with E-state index in [2.05, 4.69) is 0 Å². The van der Waals surface area contributed by atoms with E-state index in [1.807, 2.05) is 0 Å². The van der Waals surface area contributed by atoms with Crippen molar-refractivity contribution in [2.75, 3.05) is 0 Å². The quantitative estimate of drug-likeness (QED) is 0.190. The van der Waals surface area contributed by atoms with E-state index in [1.165, 1.54) is 0 Å². The second kappa shape index (κ2) is 8.30. The average Bonchev–Trinajstić information content (AvgIpc) is 2.48. The maximum absolute atomic E-state index is 10.4. The molecule has 0 saturated heterocycles. The van der Waals surface area contributed by atoms with E-state index in [9.17, 15) is 40.2 Å². The van der Waals surface area contributed by atoms with Gasteiger partial charge in [0.15, 0.2) is 12.2 Å². The topological polar surface area (TPSA) is 236 Å². The number of carboxylic acids is 2. The van der Waals surface area contributed by atoms with E-state index in [4.69, 9.17) is 20.4 Å². The summed E-state index contributed by atoms with van der Waals surface area (Å²) in [6.45, 7) is 0. The third kappa shape index (κ3) is 4.82. The first kappa shape index (κ1) is 20.6. The van der Waals surface area contributed by atoms with Gasteiger partial charge in [-0.1, -0.05) is 0 Å². The summed E-state index contributed by atoms with van der Waals surface area (Å²) in [6.07, 6.45) is -19.9. The Kier molecular flexibility index (Phi) is 7.78. The zero-order valence-electron chi connectivity index (χ0n) is 10.9. The van der Waals surface area contributed by atoms with Gasteiger partial charge in [-0.15, -0.1) is 0 Å². The molecule has 0 unspecified atom stereocenters. The zero-order valence-corrected chi connectivity index (χ0v) is 10.9. The van der Waals surface area contributed by atoms with Gasteiger partial charge in [0.25, 0.3) is 0 Å². The van der Waals surface area contributed by atoms with Crippen molar-refractivity contribution in [3.05, 3.63) is 0 Å². The Morgan fingerprint density at radius 2 is 0.636 bits per heavy atom. The summed E-state index contributed by atoms with van der Waals surface area (Å²) >= 11 is 0. The standard InChI is InChI=1S/C10H18O12/c11-1(3(13)5(15)7(17)9(19)20)2(12)4(14)6(16)8(18)10(21)22/h1-8,11-18H,(H,19,20)(H,21,22)/t1-,2+,3+,4-,5+,6-,7-,8+. The fraction of sp³-hybridized carbons (Fsp3) is 0.800. The van der Waals surface area contributed by atoms with E-state index in [-0.39, 0.29) is 0 Å². The van der Waals surface area contributed by atoms with Gasteiger partial charge in [0.2, 0.25) is 0 Å². The molecule has 0 fully saturated rings. The van der Waals surface area contributed by atoms with Gasteiger partial charge in [-0.3, -0.25) is 0 Å². The lowest BCUT2D eigenvalue weighted by Crippen LogP contribution is -2.57. The molecule has 12 heteroatoms. The molecule has 0 spiro atoms. The van der Waals surface area contributed by atoms with Gasteiger partial charge in [0.05, 0.1) is 0 Å². The van der Waals surface area contributed by atoms with Gasteiger partial charge in [0.1, 0.15) is 36.6 Å². The summed E-state index contributed by atoms with van der Waals surface area (Å²) in [5.74, 6) is -3.90. The molecule has 0 aromatic heterocycles. The number of aliphatic hydroxyl groups excluding tert-OH is 8. The van der Waals surface area contributed by atoms with Crippen LogP contribution in [0.25, 0.3) is 0 Å². The molecule has 0 bridgehead atoms. The number of aliphatic hydroxyl groups is 8. The summed E-state index contributed by atoms with van der Waals surface area (Å²) in [5, 5.41) is 91.0. The molecular formula is C10H18O12. The van der Waals surface area contributed by atoms with Crippen LogP contribution in [0.3, 0.4) is 0 Å². The first-order valence-electron chi connectivity index (χ1n) is 5.83. The third-order valence-corrected chi connectivity index (χ3v) is 2.90. The molecule has 0 amide bonds. The fourth-order valence-corrected chi connectivity index (χ4v) is 1.47. The van der Waals surface area contributed by atoms with E-state index in [0.29, 0.717) is 0 Å². The molecule has 22 heavy (non-hydrogen) atoms. The monoisotopic (exact) mass is 330 g/mol. The van der Waals surface area contributed by atoms with Gasteiger partial charge in [-0.25, -0.2) is 9.59 Å². The van der Waals surface area contributed by atoms with Gasteiger partial charge < -0.3 is 51.1 Å². The molecule has 0 radical (unpaired) electrons. The minimum absolute atomic E-state index is 1.95. The second-order valence-corrected chi connectivity index (χ2v) is 4.51. The number of carbonyl (C=O) groups is 2. The molecule has 0 aliphatic carbocycles. The Morgan fingerprint density at radius 1 is 0.455 bits per heavy atom. The average molecular weight is 330 g/mol. The van der Waals surface area contributed by atoms with Crippen molar-refractivity contribution >= 4 is 11.9 Å². The molecule has 10 N–H and O–H groups in total. The predicted octanol–water partition coefficient (Wildman–Crippen LogP) is -5.96. The van der Waals surface area contributed by atoms with Crippen LogP contribution in [0.2, 0.25) is 0 Å². The van der Waals surface area contributed by atoms with Crippen molar-refractivity contribution in [2.24, 2.45) is 0 Å². The van der Waals surface area contributed by atoms with Crippen LogP contribution in [0.4, 0.5) is 0 Å². The first-order chi connectivity index (χ1) is 9.93. The number of aliphatic carboxylic acids is 2. The van der Waals surface area contributed by atoms with Gasteiger partial charge >= 0.3 is 11.9 Å². The molecule has 8 atom stereocenters. The van der Waals surface area contributed by atoms with Crippen LogP contribution in [-0.4, -0.2) is 112 Å². The van der Waals surface area contributed by atoms with Crippen LogP contribution in [-0.2, 0) is 9.59 Å². The van der Waals surface area contributed by atoms with Crippen molar-refractivity contribution in [2.45, 2.75) is 48.8 Å². The molecular weight excluding hydrogens is 312 g/mol. The largest absolute Gasteiger partial charge is 0.479 e. The Labute approximate surface area is 122 Å². The zero-order chi connectivity index (χ0) is 17.8. The SMILES string of the molecule is O=C(O)[C@@H](O)[C@H](O)[C@H](O)[C@@H](O)[C@@H](O)[C@H](O)[C@H](O)[C@@H](O)C(=O)O. The highest BCUT2D eigenvalue weighted by Crippen LogP contribution is 2.14. The Balaban J connectivity index is 4.93. The molecule has 0 aliphatic heterocycles. The van der Waals surface area contributed by atoms with Gasteiger partial charge in [0, 0.05) is 0 Å². The molecule has 12 nitrogen and oxygen atoms in total. The van der Waals surface area contributed by atoms with Crippen LogP contribution in [0.15, 0.2) is 0 Å². The third-order valence-electron chi connectivity index (χ3n) is 2.90. The number of hydrogen-bond donors (Lipinski definition) is 10. The van der Waals surface area contributed by atoms with Crippen molar-refractivity contribution in [3.8, 4) is 0 Å². The predicted molar refractivity (Wildman–Crippen MR) is 63.3 cm³/mol. The molecule has 130 valence electrons. The van der Waals surface area contributed by atoms with Crippen LogP contribution < -0.4 is 0 Å². The van der Waals surface area contributed by atoms with Crippen LogP contribution in [0.1, 0.15) is 0 Å². The summed E-state index contributed by atoms with van der Waals surface area (Å²) in [4.78, 5) is 20.8. The van der Waals surface area contributed by atoms with E-state index in [1.54, 1.807) is 0 Å². The maximum atomic E-state index is 10.4. The summed E-state index contributed by atoms with van der Waals surface area (Å²) in [7, 11) is 0. The summed E-state index contributed by atoms with van der Waals surface area (Å²) < 4.78 is 0. The minimum atomic E-state index is -2.52. The number of carboxylic acid groups (broad SMARTS) is 2. The van der Waals surface area contributed by atoms with Crippen molar-refractivity contribution in [1.82, 2.24) is 0 Å². The smallest absolute Gasteiger partial charge is 0.335 e. The Bertz CT molecular complexity index is 350. The highest BCUT2D eigenvalue weighted by Gasteiger charge is 2.43. The van der Waals surface area contributed by atoms with Crippen molar-refractivity contribution in [1.29, 1.82) is 0 Å². The minimum Gasteiger partial charge on any atom is -0.479 e. The lowest BCUT2D eigenvalue weighted by atomic mass is 9.93. The van der Waals surface area contributed by atoms with Gasteiger partial charge in [-0.05, 0) is 0 Å². The van der Waals surface area contributed by atoms with Crippen LogP contribution >= 0.6 is 0 Å². The lowest BCUT2D eigenvalue weighted by molar-refractivity contribution is -0.189. The molecule has 0 heterocycles. The summed E-state index contributed by atoms with van der Waals surface area (Å²) in [5.41, 5.74) is 0. The fourth-order valence-electron chi connectivity index (χ4n) is 1.47. The second-order valence-electron chi connectivity index (χ2n) is 4.51. The van der Waals surface area contributed by atoms with Crippen LogP contribution in [0, 0.1) is 0 Å².